The van der Waals surface area contributed by atoms with E-state index in [1.807, 2.05) is 0 Å². The molecule has 1 rings (SSSR count). The number of amides is 1. The zero-order valence-corrected chi connectivity index (χ0v) is 10.7. The van der Waals surface area contributed by atoms with E-state index in [0.29, 0.717) is 5.56 Å². The lowest BCUT2D eigenvalue weighted by Crippen LogP contribution is -2.41. The van der Waals surface area contributed by atoms with Gasteiger partial charge in [-0.15, -0.1) is 0 Å². The minimum atomic E-state index is -1.32. The smallest absolute Gasteiger partial charge is 0.326 e. The summed E-state index contributed by atoms with van der Waals surface area (Å²) in [5.74, 6) is -3.65. The fourth-order valence-corrected chi connectivity index (χ4v) is 1.64. The summed E-state index contributed by atoms with van der Waals surface area (Å²) in [6.45, 7) is 1.52. The number of benzene rings is 1. The van der Waals surface area contributed by atoms with Crippen molar-refractivity contribution in [3.05, 3.63) is 35.1 Å². The highest BCUT2D eigenvalue weighted by Crippen LogP contribution is 2.11. The molecule has 6 nitrogen and oxygen atoms in total. The fourth-order valence-electron chi connectivity index (χ4n) is 1.64. The molecule has 0 spiro atoms. The van der Waals surface area contributed by atoms with Crippen LogP contribution in [0, 0.1) is 12.7 Å². The number of carbonyl (C=O) groups is 3. The lowest BCUT2D eigenvalue weighted by atomic mass is 10.1. The summed E-state index contributed by atoms with van der Waals surface area (Å²) in [6.07, 6.45) is -0.601. The number of carboxylic acids is 2. The molecule has 0 saturated heterocycles. The van der Waals surface area contributed by atoms with Crippen LogP contribution in [-0.4, -0.2) is 34.1 Å². The highest BCUT2D eigenvalue weighted by molar-refractivity contribution is 5.97. The molecule has 1 aromatic carbocycles. The molecule has 0 unspecified atom stereocenters. The maximum Gasteiger partial charge on any atom is 0.326 e. The maximum absolute atomic E-state index is 12.9. The molecule has 7 heteroatoms. The summed E-state index contributed by atoms with van der Waals surface area (Å²) in [5.41, 5.74) is 0.512. The summed E-state index contributed by atoms with van der Waals surface area (Å²) in [6, 6.07) is 2.19. The van der Waals surface area contributed by atoms with E-state index >= 15 is 0 Å². The Hall–Kier alpha value is -2.44. The average molecular weight is 283 g/mol. The van der Waals surface area contributed by atoms with Gasteiger partial charge in [0, 0.05) is 12.0 Å². The van der Waals surface area contributed by atoms with Crippen LogP contribution < -0.4 is 5.32 Å². The Morgan fingerprint density at radius 3 is 2.45 bits per heavy atom. The fraction of sp³-hybridized carbons (Fsp3) is 0.308. The van der Waals surface area contributed by atoms with Gasteiger partial charge in [0.25, 0.3) is 5.91 Å². The first-order valence-corrected chi connectivity index (χ1v) is 5.83. The molecule has 0 aromatic heterocycles. The van der Waals surface area contributed by atoms with Crippen LogP contribution in [0.25, 0.3) is 0 Å². The third kappa shape index (κ3) is 4.34. The maximum atomic E-state index is 12.9. The monoisotopic (exact) mass is 283 g/mol. The van der Waals surface area contributed by atoms with Crippen molar-refractivity contribution in [2.45, 2.75) is 25.8 Å². The first-order chi connectivity index (χ1) is 9.31. The van der Waals surface area contributed by atoms with Gasteiger partial charge in [-0.1, -0.05) is 0 Å². The number of aryl methyl sites for hydroxylation is 1. The topological polar surface area (TPSA) is 104 Å². The van der Waals surface area contributed by atoms with Gasteiger partial charge >= 0.3 is 11.9 Å². The molecular weight excluding hydrogens is 269 g/mol. The first kappa shape index (κ1) is 15.6. The van der Waals surface area contributed by atoms with E-state index in [1.54, 1.807) is 0 Å². The molecule has 1 atom stereocenters. The van der Waals surface area contributed by atoms with E-state index in [0.717, 1.165) is 12.1 Å². The summed E-state index contributed by atoms with van der Waals surface area (Å²) >= 11 is 0. The second kappa shape index (κ2) is 6.65. The van der Waals surface area contributed by atoms with Crippen molar-refractivity contribution >= 4 is 17.8 Å². The summed E-state index contributed by atoms with van der Waals surface area (Å²) in [5, 5.41) is 19.7. The summed E-state index contributed by atoms with van der Waals surface area (Å²) in [4.78, 5) is 33.3. The van der Waals surface area contributed by atoms with E-state index in [1.165, 1.54) is 13.0 Å². The van der Waals surface area contributed by atoms with Crippen LogP contribution in [0.4, 0.5) is 4.39 Å². The number of nitrogens with one attached hydrogen (secondary N) is 1. The Kier molecular flexibility index (Phi) is 5.19. The average Bonchev–Trinajstić information content (AvgIpc) is 2.33. The zero-order chi connectivity index (χ0) is 15.3. The van der Waals surface area contributed by atoms with Crippen LogP contribution in [0.15, 0.2) is 18.2 Å². The minimum Gasteiger partial charge on any atom is -0.481 e. The van der Waals surface area contributed by atoms with Gasteiger partial charge in [-0.2, -0.15) is 0 Å². The van der Waals surface area contributed by atoms with Gasteiger partial charge in [0.1, 0.15) is 11.9 Å². The molecule has 1 amide bonds. The normalized spacial score (nSPS) is 11.7. The molecule has 0 aliphatic heterocycles. The van der Waals surface area contributed by atoms with Gasteiger partial charge in [-0.25, -0.2) is 9.18 Å². The van der Waals surface area contributed by atoms with Gasteiger partial charge in [0.05, 0.1) is 0 Å². The van der Waals surface area contributed by atoms with Crippen molar-refractivity contribution in [2.24, 2.45) is 0 Å². The molecule has 0 aliphatic rings. The number of carboxylic acid groups (broad SMARTS) is 2. The Balaban J connectivity index is 2.80. The SMILES string of the molecule is Cc1cc(F)ccc1C(=O)N[C@@H](CCC(=O)O)C(=O)O. The van der Waals surface area contributed by atoms with Crippen molar-refractivity contribution in [3.63, 3.8) is 0 Å². The Bertz CT molecular complexity index is 544. The molecule has 108 valence electrons. The molecule has 1 aromatic rings. The number of carbonyl (C=O) groups excluding carboxylic acids is 1. The van der Waals surface area contributed by atoms with E-state index in [4.69, 9.17) is 10.2 Å². The first-order valence-electron chi connectivity index (χ1n) is 5.83. The van der Waals surface area contributed by atoms with Crippen LogP contribution in [0.5, 0.6) is 0 Å². The van der Waals surface area contributed by atoms with Gasteiger partial charge in [0.2, 0.25) is 0 Å². The number of halogens is 1. The van der Waals surface area contributed by atoms with Crippen LogP contribution in [0.2, 0.25) is 0 Å². The Morgan fingerprint density at radius 2 is 1.95 bits per heavy atom. The number of aliphatic carboxylic acids is 2. The van der Waals surface area contributed by atoms with Crippen LogP contribution in [-0.2, 0) is 9.59 Å². The molecule has 0 aliphatic carbocycles. The lowest BCUT2D eigenvalue weighted by molar-refractivity contribution is -0.140. The summed E-state index contributed by atoms with van der Waals surface area (Å²) in [7, 11) is 0. The molecule has 0 fully saturated rings. The number of hydrogen-bond acceptors (Lipinski definition) is 3. The number of rotatable bonds is 6. The van der Waals surface area contributed by atoms with Crippen molar-refractivity contribution in [1.82, 2.24) is 5.32 Å². The Morgan fingerprint density at radius 1 is 1.30 bits per heavy atom. The number of hydrogen-bond donors (Lipinski definition) is 3. The van der Waals surface area contributed by atoms with Gasteiger partial charge in [-0.3, -0.25) is 9.59 Å². The predicted octanol–water partition coefficient (Wildman–Crippen LogP) is 1.18. The predicted molar refractivity (Wildman–Crippen MR) is 66.9 cm³/mol. The van der Waals surface area contributed by atoms with Gasteiger partial charge in [-0.05, 0) is 37.1 Å². The Labute approximate surface area is 114 Å². The second-order valence-corrected chi connectivity index (χ2v) is 4.26. The second-order valence-electron chi connectivity index (χ2n) is 4.26. The zero-order valence-electron chi connectivity index (χ0n) is 10.7. The molecule has 20 heavy (non-hydrogen) atoms. The van der Waals surface area contributed by atoms with Gasteiger partial charge < -0.3 is 15.5 Å². The molecular formula is C13H14FNO5. The summed E-state index contributed by atoms with van der Waals surface area (Å²) < 4.78 is 12.9. The third-order valence-electron chi connectivity index (χ3n) is 2.68. The molecule has 3 N–H and O–H groups in total. The van der Waals surface area contributed by atoms with E-state index in [9.17, 15) is 18.8 Å². The van der Waals surface area contributed by atoms with Crippen LogP contribution >= 0.6 is 0 Å². The molecule has 0 saturated carbocycles. The molecule has 0 bridgehead atoms. The van der Waals surface area contributed by atoms with Crippen molar-refractivity contribution in [2.75, 3.05) is 0 Å². The quantitative estimate of drug-likeness (QED) is 0.727. The van der Waals surface area contributed by atoms with Gasteiger partial charge in [0.15, 0.2) is 0 Å². The van der Waals surface area contributed by atoms with Crippen molar-refractivity contribution < 1.29 is 29.0 Å². The molecule has 0 radical (unpaired) electrons. The highest BCUT2D eigenvalue weighted by atomic mass is 19.1. The van der Waals surface area contributed by atoms with E-state index in [-0.39, 0.29) is 18.4 Å². The van der Waals surface area contributed by atoms with Crippen molar-refractivity contribution in [3.8, 4) is 0 Å². The standard InChI is InChI=1S/C13H14FNO5/c1-7-6-8(14)2-3-9(7)12(18)15-10(13(19)20)4-5-11(16)17/h2-3,6,10H,4-5H2,1H3,(H,15,18)(H,16,17)(H,19,20)/t10-/m0/s1. The lowest BCUT2D eigenvalue weighted by Gasteiger charge is -2.14. The highest BCUT2D eigenvalue weighted by Gasteiger charge is 2.22. The van der Waals surface area contributed by atoms with Crippen LogP contribution in [0.1, 0.15) is 28.8 Å². The van der Waals surface area contributed by atoms with Crippen LogP contribution in [0.3, 0.4) is 0 Å². The largest absolute Gasteiger partial charge is 0.481 e. The third-order valence-corrected chi connectivity index (χ3v) is 2.68. The van der Waals surface area contributed by atoms with E-state index < -0.39 is 29.7 Å². The molecule has 0 heterocycles. The van der Waals surface area contributed by atoms with E-state index in [2.05, 4.69) is 5.32 Å². The minimum absolute atomic E-state index is 0.146. The van der Waals surface area contributed by atoms with Crippen molar-refractivity contribution in [1.29, 1.82) is 0 Å².